The van der Waals surface area contributed by atoms with Crippen LogP contribution in [0, 0.1) is 0 Å². The lowest BCUT2D eigenvalue weighted by molar-refractivity contribution is 0.159. The molecule has 3 heteroatoms. The minimum absolute atomic E-state index is 0.859. The highest BCUT2D eigenvalue weighted by atomic mass is 16.5. The molecule has 0 N–H and O–H groups in total. The molecule has 0 aromatic rings. The Labute approximate surface area is 69.9 Å². The van der Waals surface area contributed by atoms with E-state index in [1.54, 1.807) is 7.11 Å². The highest BCUT2D eigenvalue weighted by molar-refractivity contribution is 4.48. The second-order valence-electron chi connectivity index (χ2n) is 3.15. The van der Waals surface area contributed by atoms with Gasteiger partial charge >= 0.3 is 0 Å². The summed E-state index contributed by atoms with van der Waals surface area (Å²) in [5, 5.41) is 0. The van der Waals surface area contributed by atoms with Crippen molar-refractivity contribution in [1.29, 1.82) is 0 Å². The molecule has 0 aromatic heterocycles. The first-order valence-electron chi connectivity index (χ1n) is 3.99. The van der Waals surface area contributed by atoms with Gasteiger partial charge in [0.25, 0.3) is 0 Å². The first-order chi connectivity index (χ1) is 5.16. The fourth-order valence-corrected chi connectivity index (χ4v) is 1.03. The minimum Gasteiger partial charge on any atom is -0.385 e. The van der Waals surface area contributed by atoms with E-state index in [1.165, 1.54) is 0 Å². The molecule has 0 spiro atoms. The van der Waals surface area contributed by atoms with Crippen molar-refractivity contribution >= 4 is 0 Å². The van der Waals surface area contributed by atoms with E-state index in [-0.39, 0.29) is 0 Å². The molecule has 3 nitrogen and oxygen atoms in total. The van der Waals surface area contributed by atoms with Crippen molar-refractivity contribution in [3.8, 4) is 0 Å². The standard InChI is InChI=1S/C8H20N2O/c1-9(2)8-10(3)6-5-7-11-4/h5-8H2,1-4H3. The quantitative estimate of drug-likeness (QED) is 0.415. The minimum atomic E-state index is 0.859. The second-order valence-corrected chi connectivity index (χ2v) is 3.15. The lowest BCUT2D eigenvalue weighted by Crippen LogP contribution is -2.31. The Bertz CT molecular complexity index is 86.2. The van der Waals surface area contributed by atoms with Gasteiger partial charge in [-0.1, -0.05) is 0 Å². The van der Waals surface area contributed by atoms with Gasteiger partial charge in [0.2, 0.25) is 0 Å². The van der Waals surface area contributed by atoms with Gasteiger partial charge in [0.15, 0.2) is 0 Å². The molecule has 0 atom stereocenters. The Morgan fingerprint density at radius 2 is 1.82 bits per heavy atom. The molecule has 0 bridgehead atoms. The van der Waals surface area contributed by atoms with Gasteiger partial charge in [-0.2, -0.15) is 0 Å². The maximum atomic E-state index is 4.96. The van der Waals surface area contributed by atoms with Gasteiger partial charge in [0.1, 0.15) is 0 Å². The molecule has 0 radical (unpaired) electrons. The van der Waals surface area contributed by atoms with Gasteiger partial charge < -0.3 is 4.74 Å². The molecule has 0 saturated carbocycles. The van der Waals surface area contributed by atoms with Crippen molar-refractivity contribution in [3.05, 3.63) is 0 Å². The van der Waals surface area contributed by atoms with Crippen molar-refractivity contribution in [2.45, 2.75) is 6.42 Å². The molecule has 0 unspecified atom stereocenters. The van der Waals surface area contributed by atoms with Gasteiger partial charge in [-0.15, -0.1) is 0 Å². The molecule has 0 aliphatic carbocycles. The van der Waals surface area contributed by atoms with Crippen LogP contribution < -0.4 is 0 Å². The Hall–Kier alpha value is -0.120. The van der Waals surface area contributed by atoms with Crippen LogP contribution in [-0.4, -0.2) is 57.9 Å². The van der Waals surface area contributed by atoms with Crippen LogP contribution in [0.2, 0.25) is 0 Å². The van der Waals surface area contributed by atoms with E-state index in [0.717, 1.165) is 26.2 Å². The number of methoxy groups -OCH3 is 1. The van der Waals surface area contributed by atoms with E-state index in [0.29, 0.717) is 0 Å². The number of ether oxygens (including phenoxy) is 1. The van der Waals surface area contributed by atoms with Gasteiger partial charge in [-0.3, -0.25) is 9.80 Å². The molecule has 0 amide bonds. The Kier molecular flexibility index (Phi) is 6.51. The molecule has 0 fully saturated rings. The average Bonchev–Trinajstić information content (AvgIpc) is 1.86. The maximum absolute atomic E-state index is 4.96. The van der Waals surface area contributed by atoms with Gasteiger partial charge in [0.05, 0.1) is 0 Å². The number of hydrogen-bond acceptors (Lipinski definition) is 3. The highest BCUT2D eigenvalue weighted by Crippen LogP contribution is 1.88. The van der Waals surface area contributed by atoms with E-state index in [9.17, 15) is 0 Å². The smallest absolute Gasteiger partial charge is 0.0497 e. The van der Waals surface area contributed by atoms with Crippen molar-refractivity contribution < 1.29 is 4.74 Å². The predicted octanol–water partition coefficient (Wildman–Crippen LogP) is 0.474. The zero-order valence-corrected chi connectivity index (χ0v) is 8.13. The van der Waals surface area contributed by atoms with Crippen LogP contribution in [0.25, 0.3) is 0 Å². The molecular formula is C8H20N2O. The first-order valence-corrected chi connectivity index (χ1v) is 3.99. The largest absolute Gasteiger partial charge is 0.385 e. The third kappa shape index (κ3) is 7.78. The van der Waals surface area contributed by atoms with Crippen LogP contribution in [-0.2, 0) is 4.74 Å². The lowest BCUT2D eigenvalue weighted by Gasteiger charge is -2.20. The summed E-state index contributed by atoms with van der Waals surface area (Å²) < 4.78 is 4.96. The zero-order chi connectivity index (χ0) is 8.69. The van der Waals surface area contributed by atoms with Crippen LogP contribution in [0.1, 0.15) is 6.42 Å². The third-order valence-corrected chi connectivity index (χ3v) is 1.41. The van der Waals surface area contributed by atoms with Crippen LogP contribution in [0.15, 0.2) is 0 Å². The fourth-order valence-electron chi connectivity index (χ4n) is 1.03. The molecular weight excluding hydrogens is 140 g/mol. The van der Waals surface area contributed by atoms with Gasteiger partial charge in [0, 0.05) is 26.9 Å². The summed E-state index contributed by atoms with van der Waals surface area (Å²) in [6, 6.07) is 0. The SMILES string of the molecule is COCCCN(C)CN(C)C. The summed E-state index contributed by atoms with van der Waals surface area (Å²) >= 11 is 0. The van der Waals surface area contributed by atoms with Crippen molar-refractivity contribution in [3.63, 3.8) is 0 Å². The lowest BCUT2D eigenvalue weighted by atomic mass is 10.4. The molecule has 0 aliphatic heterocycles. The molecule has 0 aromatic carbocycles. The topological polar surface area (TPSA) is 15.7 Å². The maximum Gasteiger partial charge on any atom is 0.0497 e. The highest BCUT2D eigenvalue weighted by Gasteiger charge is 1.97. The van der Waals surface area contributed by atoms with Gasteiger partial charge in [-0.25, -0.2) is 0 Å². The Morgan fingerprint density at radius 1 is 1.18 bits per heavy atom. The molecule has 11 heavy (non-hydrogen) atoms. The van der Waals surface area contributed by atoms with E-state index in [1.807, 2.05) is 0 Å². The van der Waals surface area contributed by atoms with Crippen molar-refractivity contribution in [1.82, 2.24) is 9.80 Å². The predicted molar refractivity (Wildman–Crippen MR) is 47.7 cm³/mol. The number of nitrogens with zero attached hydrogens (tertiary/aromatic N) is 2. The summed E-state index contributed by atoms with van der Waals surface area (Å²) in [7, 11) is 8.02. The average molecular weight is 160 g/mol. The van der Waals surface area contributed by atoms with Crippen molar-refractivity contribution in [2.24, 2.45) is 0 Å². The third-order valence-electron chi connectivity index (χ3n) is 1.41. The fraction of sp³-hybridized carbons (Fsp3) is 1.00. The van der Waals surface area contributed by atoms with Crippen LogP contribution >= 0.6 is 0 Å². The monoisotopic (exact) mass is 160 g/mol. The number of hydrogen-bond donors (Lipinski definition) is 0. The normalized spacial score (nSPS) is 11.5. The summed E-state index contributed by atoms with van der Waals surface area (Å²) in [5.41, 5.74) is 0. The molecule has 0 rings (SSSR count). The van der Waals surface area contributed by atoms with Gasteiger partial charge in [-0.05, 0) is 27.6 Å². The summed E-state index contributed by atoms with van der Waals surface area (Å²) in [4.78, 5) is 4.44. The van der Waals surface area contributed by atoms with E-state index in [4.69, 9.17) is 4.74 Å². The molecule has 0 heterocycles. The van der Waals surface area contributed by atoms with E-state index < -0.39 is 0 Å². The number of rotatable bonds is 6. The van der Waals surface area contributed by atoms with Crippen LogP contribution in [0.5, 0.6) is 0 Å². The first kappa shape index (κ1) is 10.9. The molecule has 68 valence electrons. The molecule has 0 aliphatic rings. The summed E-state index contributed by atoms with van der Waals surface area (Å²) in [6.45, 7) is 2.98. The summed E-state index contributed by atoms with van der Waals surface area (Å²) in [6.07, 6.45) is 1.11. The van der Waals surface area contributed by atoms with Crippen molar-refractivity contribution in [2.75, 3.05) is 48.1 Å². The second kappa shape index (κ2) is 6.58. The Balaban J connectivity index is 3.15. The zero-order valence-electron chi connectivity index (χ0n) is 8.13. The van der Waals surface area contributed by atoms with E-state index in [2.05, 4.69) is 30.9 Å². The van der Waals surface area contributed by atoms with Crippen LogP contribution in [0.4, 0.5) is 0 Å². The summed E-state index contributed by atoms with van der Waals surface area (Å²) in [5.74, 6) is 0. The molecule has 0 saturated heterocycles. The Morgan fingerprint density at radius 3 is 2.27 bits per heavy atom. The van der Waals surface area contributed by atoms with E-state index >= 15 is 0 Å². The van der Waals surface area contributed by atoms with Crippen LogP contribution in [0.3, 0.4) is 0 Å².